The zero-order valence-electron chi connectivity index (χ0n) is 9.40. The van der Waals surface area contributed by atoms with Gasteiger partial charge in [0.15, 0.2) is 0 Å². The Hall–Kier alpha value is -2.30. The molecule has 5 heteroatoms. The molecule has 1 aromatic carbocycles. The molecule has 1 aromatic rings. The fraction of sp³-hybridized carbons (Fsp3) is 0.167. The van der Waals surface area contributed by atoms with Gasteiger partial charge in [-0.25, -0.2) is 9.59 Å². The highest BCUT2D eigenvalue weighted by atomic mass is 16.5. The number of rotatable bonds is 4. The lowest BCUT2D eigenvalue weighted by Gasteiger charge is -2.10. The maximum atomic E-state index is 11.3. The quantitative estimate of drug-likeness (QED) is 0.786. The minimum absolute atomic E-state index is 0.0283. The molecule has 0 aromatic heterocycles. The number of amides is 1. The molecular formula is C12H13NO4. The molecular weight excluding hydrogens is 222 g/mol. The standard InChI is InChI=1S/C12H13NO4/c1-3-7-17-12(16)13-10-8(2)5-4-6-9(10)11(14)15/h3-6H,1,7H2,2H3,(H,13,16)(H,14,15). The molecule has 1 amide bonds. The Labute approximate surface area is 98.7 Å². The molecule has 0 heterocycles. The van der Waals surface area contributed by atoms with Crippen molar-refractivity contribution in [2.45, 2.75) is 6.92 Å². The minimum atomic E-state index is -1.10. The van der Waals surface area contributed by atoms with Crippen molar-refractivity contribution in [3.8, 4) is 0 Å². The van der Waals surface area contributed by atoms with Gasteiger partial charge in [0.2, 0.25) is 0 Å². The van der Waals surface area contributed by atoms with Gasteiger partial charge in [-0.3, -0.25) is 5.32 Å². The second-order valence-corrected chi connectivity index (χ2v) is 3.31. The fourth-order valence-electron chi connectivity index (χ4n) is 1.28. The number of carboxylic acids is 1. The lowest BCUT2D eigenvalue weighted by molar-refractivity contribution is 0.0698. The van der Waals surface area contributed by atoms with Crippen LogP contribution in [-0.2, 0) is 4.74 Å². The van der Waals surface area contributed by atoms with Crippen molar-refractivity contribution in [3.05, 3.63) is 42.0 Å². The molecule has 0 saturated carbocycles. The van der Waals surface area contributed by atoms with Crippen LogP contribution in [0.4, 0.5) is 10.5 Å². The molecule has 0 saturated heterocycles. The Morgan fingerprint density at radius 3 is 2.82 bits per heavy atom. The lowest BCUT2D eigenvalue weighted by atomic mass is 10.1. The predicted molar refractivity (Wildman–Crippen MR) is 63.3 cm³/mol. The summed E-state index contributed by atoms with van der Waals surface area (Å²) in [6, 6.07) is 4.73. The van der Waals surface area contributed by atoms with Gasteiger partial charge in [0, 0.05) is 0 Å². The molecule has 17 heavy (non-hydrogen) atoms. The van der Waals surface area contributed by atoms with Gasteiger partial charge in [-0.15, -0.1) is 0 Å². The van der Waals surface area contributed by atoms with Crippen LogP contribution in [0.2, 0.25) is 0 Å². The Morgan fingerprint density at radius 2 is 2.24 bits per heavy atom. The van der Waals surface area contributed by atoms with E-state index >= 15 is 0 Å². The highest BCUT2D eigenvalue weighted by Gasteiger charge is 2.14. The Bertz CT molecular complexity index is 454. The number of benzene rings is 1. The summed E-state index contributed by atoms with van der Waals surface area (Å²) in [5, 5.41) is 11.4. The molecule has 90 valence electrons. The molecule has 0 atom stereocenters. The lowest BCUT2D eigenvalue weighted by Crippen LogP contribution is -2.17. The first-order valence-electron chi connectivity index (χ1n) is 4.94. The minimum Gasteiger partial charge on any atom is -0.478 e. The van der Waals surface area contributed by atoms with Crippen molar-refractivity contribution in [1.82, 2.24) is 0 Å². The highest BCUT2D eigenvalue weighted by molar-refractivity contribution is 5.99. The second-order valence-electron chi connectivity index (χ2n) is 3.31. The second kappa shape index (κ2) is 5.69. The third-order valence-electron chi connectivity index (χ3n) is 2.06. The van der Waals surface area contributed by atoms with Crippen LogP contribution in [0.1, 0.15) is 15.9 Å². The van der Waals surface area contributed by atoms with Crippen LogP contribution in [0.3, 0.4) is 0 Å². The summed E-state index contributed by atoms with van der Waals surface area (Å²) in [5.41, 5.74) is 0.926. The van der Waals surface area contributed by atoms with Crippen molar-refractivity contribution in [1.29, 1.82) is 0 Å². The Balaban J connectivity index is 2.92. The average molecular weight is 235 g/mol. The van der Waals surface area contributed by atoms with Gasteiger partial charge in [0.05, 0.1) is 11.3 Å². The number of carbonyl (C=O) groups is 2. The third-order valence-corrected chi connectivity index (χ3v) is 2.06. The SMILES string of the molecule is C=CCOC(=O)Nc1c(C)cccc1C(=O)O. The Morgan fingerprint density at radius 1 is 1.53 bits per heavy atom. The fourth-order valence-corrected chi connectivity index (χ4v) is 1.28. The smallest absolute Gasteiger partial charge is 0.411 e. The van der Waals surface area contributed by atoms with E-state index in [-0.39, 0.29) is 17.9 Å². The van der Waals surface area contributed by atoms with Gasteiger partial charge in [0.25, 0.3) is 0 Å². The van der Waals surface area contributed by atoms with E-state index in [2.05, 4.69) is 11.9 Å². The van der Waals surface area contributed by atoms with Gasteiger partial charge >= 0.3 is 12.1 Å². The molecule has 0 bridgehead atoms. The molecule has 0 aliphatic heterocycles. The highest BCUT2D eigenvalue weighted by Crippen LogP contribution is 2.20. The van der Waals surface area contributed by atoms with E-state index in [1.165, 1.54) is 12.1 Å². The topological polar surface area (TPSA) is 75.6 Å². The van der Waals surface area contributed by atoms with Crippen molar-refractivity contribution in [2.24, 2.45) is 0 Å². The maximum absolute atomic E-state index is 11.3. The summed E-state index contributed by atoms with van der Waals surface area (Å²) < 4.78 is 4.72. The number of nitrogens with one attached hydrogen (secondary N) is 1. The molecule has 5 nitrogen and oxygen atoms in total. The van der Waals surface area contributed by atoms with Gasteiger partial charge in [-0.2, -0.15) is 0 Å². The number of para-hydroxylation sites is 1. The van der Waals surface area contributed by atoms with Crippen LogP contribution < -0.4 is 5.32 Å². The number of hydrogen-bond acceptors (Lipinski definition) is 3. The zero-order valence-corrected chi connectivity index (χ0v) is 9.40. The first-order valence-corrected chi connectivity index (χ1v) is 4.94. The summed E-state index contributed by atoms with van der Waals surface area (Å²) in [6.07, 6.45) is 0.719. The average Bonchev–Trinajstić information content (AvgIpc) is 2.28. The predicted octanol–water partition coefficient (Wildman–Crippen LogP) is 2.43. The molecule has 0 unspecified atom stereocenters. The van der Waals surface area contributed by atoms with E-state index in [4.69, 9.17) is 9.84 Å². The van der Waals surface area contributed by atoms with E-state index in [0.29, 0.717) is 5.56 Å². The van der Waals surface area contributed by atoms with Gasteiger partial charge in [-0.1, -0.05) is 24.8 Å². The third kappa shape index (κ3) is 3.34. The van der Waals surface area contributed by atoms with E-state index < -0.39 is 12.1 Å². The number of hydrogen-bond donors (Lipinski definition) is 2. The monoisotopic (exact) mass is 235 g/mol. The molecule has 0 radical (unpaired) electrons. The van der Waals surface area contributed by atoms with E-state index in [1.54, 1.807) is 19.1 Å². The number of aryl methyl sites for hydroxylation is 1. The first kappa shape index (κ1) is 12.8. The molecule has 0 spiro atoms. The van der Waals surface area contributed by atoms with Gasteiger partial charge < -0.3 is 9.84 Å². The van der Waals surface area contributed by atoms with Crippen LogP contribution in [0.15, 0.2) is 30.9 Å². The molecule has 0 fully saturated rings. The van der Waals surface area contributed by atoms with Gasteiger partial charge in [0.1, 0.15) is 6.61 Å². The normalized spacial score (nSPS) is 9.47. The van der Waals surface area contributed by atoms with Gasteiger partial charge in [-0.05, 0) is 18.6 Å². The van der Waals surface area contributed by atoms with Crippen LogP contribution in [0.5, 0.6) is 0 Å². The number of carbonyl (C=O) groups excluding carboxylic acids is 1. The van der Waals surface area contributed by atoms with Crippen LogP contribution in [0, 0.1) is 6.92 Å². The number of carboxylic acid groups (broad SMARTS) is 1. The summed E-state index contributed by atoms with van der Waals surface area (Å²) >= 11 is 0. The molecule has 1 rings (SSSR count). The number of aromatic carboxylic acids is 1. The first-order chi connectivity index (χ1) is 8.06. The van der Waals surface area contributed by atoms with Crippen molar-refractivity contribution in [2.75, 3.05) is 11.9 Å². The summed E-state index contributed by atoms with van der Waals surface area (Å²) in [4.78, 5) is 22.3. The van der Waals surface area contributed by atoms with Crippen LogP contribution >= 0.6 is 0 Å². The Kier molecular flexibility index (Phi) is 4.28. The van der Waals surface area contributed by atoms with Crippen molar-refractivity contribution < 1.29 is 19.4 Å². The summed E-state index contributed by atoms with van der Waals surface area (Å²) in [7, 11) is 0. The van der Waals surface area contributed by atoms with E-state index in [1.807, 2.05) is 0 Å². The van der Waals surface area contributed by atoms with Crippen molar-refractivity contribution in [3.63, 3.8) is 0 Å². The molecule has 0 aliphatic carbocycles. The maximum Gasteiger partial charge on any atom is 0.411 e. The van der Waals surface area contributed by atoms with Crippen LogP contribution in [0.25, 0.3) is 0 Å². The number of anilines is 1. The summed E-state index contributed by atoms with van der Waals surface area (Å²) in [5.74, 6) is -1.10. The largest absolute Gasteiger partial charge is 0.478 e. The molecule has 0 aliphatic rings. The zero-order chi connectivity index (χ0) is 12.8. The summed E-state index contributed by atoms with van der Waals surface area (Å²) in [6.45, 7) is 5.18. The molecule has 2 N–H and O–H groups in total. The van der Waals surface area contributed by atoms with E-state index in [0.717, 1.165) is 0 Å². The number of ether oxygens (including phenoxy) is 1. The van der Waals surface area contributed by atoms with E-state index in [9.17, 15) is 9.59 Å². The van der Waals surface area contributed by atoms with Crippen LogP contribution in [-0.4, -0.2) is 23.8 Å². The van der Waals surface area contributed by atoms with Crippen molar-refractivity contribution >= 4 is 17.7 Å².